The number of methoxy groups -OCH3 is 1. The highest BCUT2D eigenvalue weighted by Gasteiger charge is 2.39. The molecule has 20 heavy (non-hydrogen) atoms. The highest BCUT2D eigenvalue weighted by Crippen LogP contribution is 2.42. The Kier molecular flexibility index (Phi) is 3.65. The van der Waals surface area contributed by atoms with Gasteiger partial charge in [0.2, 0.25) is 5.91 Å². The zero-order valence-electron chi connectivity index (χ0n) is 11.8. The van der Waals surface area contributed by atoms with E-state index in [0.29, 0.717) is 22.0 Å². The van der Waals surface area contributed by atoms with Gasteiger partial charge in [-0.05, 0) is 32.9 Å². The van der Waals surface area contributed by atoms with Gasteiger partial charge in [0, 0.05) is 10.6 Å². The van der Waals surface area contributed by atoms with E-state index in [1.807, 2.05) is 0 Å². The van der Waals surface area contributed by atoms with Crippen LogP contribution in [-0.4, -0.2) is 24.7 Å². The molecule has 0 unspecified atom stereocenters. The number of fused-ring (bicyclic) bond motifs is 1. The van der Waals surface area contributed by atoms with Gasteiger partial charge < -0.3 is 9.47 Å². The summed E-state index contributed by atoms with van der Waals surface area (Å²) in [6.07, 6.45) is -0.660. The highest BCUT2D eigenvalue weighted by atomic mass is 35.5. The van der Waals surface area contributed by atoms with Crippen LogP contribution in [0.2, 0.25) is 5.02 Å². The molecule has 0 radical (unpaired) electrons. The molecule has 0 fully saturated rings. The summed E-state index contributed by atoms with van der Waals surface area (Å²) >= 11 is 6.08. The van der Waals surface area contributed by atoms with Crippen molar-refractivity contribution < 1.29 is 19.1 Å². The Morgan fingerprint density at radius 2 is 2.00 bits per heavy atom. The number of ether oxygens (including phenoxy) is 2. The lowest BCUT2D eigenvalue weighted by Crippen LogP contribution is -2.38. The first-order valence-corrected chi connectivity index (χ1v) is 6.53. The van der Waals surface area contributed by atoms with Gasteiger partial charge in [-0.15, -0.1) is 0 Å². The molecular weight excluding hydrogens is 282 g/mol. The third-order valence-electron chi connectivity index (χ3n) is 2.79. The van der Waals surface area contributed by atoms with Crippen molar-refractivity contribution in [1.82, 2.24) is 0 Å². The first-order valence-electron chi connectivity index (χ1n) is 6.16. The summed E-state index contributed by atoms with van der Waals surface area (Å²) in [5, 5.41) is 0.431. The summed E-state index contributed by atoms with van der Waals surface area (Å²) in [7, 11) is 1.47. The molecule has 1 aromatic rings. The van der Waals surface area contributed by atoms with Crippen LogP contribution in [0.15, 0.2) is 12.1 Å². The van der Waals surface area contributed by atoms with E-state index in [0.717, 1.165) is 4.90 Å². The van der Waals surface area contributed by atoms with Gasteiger partial charge in [0.05, 0.1) is 13.5 Å². The number of hydrogen-bond acceptors (Lipinski definition) is 4. The molecule has 108 valence electrons. The summed E-state index contributed by atoms with van der Waals surface area (Å²) < 4.78 is 10.5. The summed E-state index contributed by atoms with van der Waals surface area (Å²) in [6, 6.07) is 3.27. The van der Waals surface area contributed by atoms with E-state index in [9.17, 15) is 9.59 Å². The summed E-state index contributed by atoms with van der Waals surface area (Å²) in [5.74, 6) is 0.0433. The average molecular weight is 298 g/mol. The molecule has 1 aromatic carbocycles. The third kappa shape index (κ3) is 2.58. The van der Waals surface area contributed by atoms with E-state index in [-0.39, 0.29) is 12.3 Å². The van der Waals surface area contributed by atoms with Crippen molar-refractivity contribution in [3.8, 4) is 5.75 Å². The standard InChI is InChI=1S/C14H16ClNO4/c1-14(2,3)20-13(18)16-11(17)7-8-9(15)5-6-10(19-4)12(8)16/h5-6H,7H2,1-4H3. The van der Waals surface area contributed by atoms with Crippen molar-refractivity contribution in [2.75, 3.05) is 12.0 Å². The van der Waals surface area contributed by atoms with Crippen LogP contribution < -0.4 is 9.64 Å². The molecule has 0 atom stereocenters. The molecule has 0 bridgehead atoms. The maximum atomic E-state index is 12.2. The van der Waals surface area contributed by atoms with Gasteiger partial charge in [0.25, 0.3) is 0 Å². The number of benzene rings is 1. The van der Waals surface area contributed by atoms with Crippen molar-refractivity contribution >= 4 is 29.3 Å². The molecular formula is C14H16ClNO4. The van der Waals surface area contributed by atoms with Gasteiger partial charge in [-0.2, -0.15) is 0 Å². The molecule has 0 spiro atoms. The second-order valence-corrected chi connectivity index (χ2v) is 5.87. The van der Waals surface area contributed by atoms with Crippen LogP contribution in [-0.2, 0) is 16.0 Å². The molecule has 0 aromatic heterocycles. The van der Waals surface area contributed by atoms with Gasteiger partial charge in [-0.1, -0.05) is 11.6 Å². The fourth-order valence-electron chi connectivity index (χ4n) is 2.02. The van der Waals surface area contributed by atoms with Crippen LogP contribution in [0.25, 0.3) is 0 Å². The molecule has 0 saturated heterocycles. The molecule has 2 amide bonds. The smallest absolute Gasteiger partial charge is 0.421 e. The van der Waals surface area contributed by atoms with Crippen LogP contribution >= 0.6 is 11.6 Å². The number of rotatable bonds is 1. The molecule has 0 aliphatic carbocycles. The SMILES string of the molecule is COc1ccc(Cl)c2c1N(C(=O)OC(C)(C)C)C(=O)C2. The predicted octanol–water partition coefficient (Wildman–Crippen LogP) is 3.17. The Balaban J connectivity index is 2.46. The Labute approximate surface area is 122 Å². The van der Waals surface area contributed by atoms with E-state index in [4.69, 9.17) is 21.1 Å². The lowest BCUT2D eigenvalue weighted by molar-refractivity contribution is -0.117. The number of anilines is 1. The largest absolute Gasteiger partial charge is 0.495 e. The molecule has 5 nitrogen and oxygen atoms in total. The molecule has 1 aliphatic rings. The lowest BCUT2D eigenvalue weighted by atomic mass is 10.1. The molecule has 0 N–H and O–H groups in total. The first-order chi connectivity index (χ1) is 9.24. The van der Waals surface area contributed by atoms with E-state index in [1.54, 1.807) is 32.9 Å². The van der Waals surface area contributed by atoms with Crippen molar-refractivity contribution in [2.45, 2.75) is 32.8 Å². The van der Waals surface area contributed by atoms with E-state index >= 15 is 0 Å². The zero-order chi connectivity index (χ0) is 15.1. The fourth-order valence-corrected chi connectivity index (χ4v) is 2.24. The summed E-state index contributed by atoms with van der Waals surface area (Å²) in [4.78, 5) is 25.3. The second-order valence-electron chi connectivity index (χ2n) is 5.46. The maximum Gasteiger partial charge on any atom is 0.421 e. The van der Waals surface area contributed by atoms with Crippen LogP contribution in [0.4, 0.5) is 10.5 Å². The first kappa shape index (κ1) is 14.7. The fraction of sp³-hybridized carbons (Fsp3) is 0.429. The average Bonchev–Trinajstić information content (AvgIpc) is 2.66. The van der Waals surface area contributed by atoms with Crippen molar-refractivity contribution in [2.24, 2.45) is 0 Å². The minimum absolute atomic E-state index is 0.0601. The van der Waals surface area contributed by atoms with E-state index in [1.165, 1.54) is 7.11 Å². The number of halogens is 1. The van der Waals surface area contributed by atoms with Crippen LogP contribution in [0.5, 0.6) is 5.75 Å². The topological polar surface area (TPSA) is 55.8 Å². The Hall–Kier alpha value is -1.75. The Morgan fingerprint density at radius 1 is 1.35 bits per heavy atom. The van der Waals surface area contributed by atoms with E-state index in [2.05, 4.69) is 0 Å². The van der Waals surface area contributed by atoms with Gasteiger partial charge in [0.1, 0.15) is 17.0 Å². The predicted molar refractivity (Wildman–Crippen MR) is 75.4 cm³/mol. The number of imide groups is 1. The lowest BCUT2D eigenvalue weighted by Gasteiger charge is -2.24. The Bertz CT molecular complexity index is 577. The normalized spacial score (nSPS) is 14.2. The van der Waals surface area contributed by atoms with Crippen molar-refractivity contribution in [3.05, 3.63) is 22.7 Å². The van der Waals surface area contributed by atoms with Crippen LogP contribution in [0.3, 0.4) is 0 Å². The Morgan fingerprint density at radius 3 is 2.55 bits per heavy atom. The molecule has 0 saturated carbocycles. The van der Waals surface area contributed by atoms with Gasteiger partial charge in [-0.3, -0.25) is 4.79 Å². The van der Waals surface area contributed by atoms with Crippen molar-refractivity contribution in [1.29, 1.82) is 0 Å². The number of carbonyl (C=O) groups is 2. The number of carbonyl (C=O) groups excluding carboxylic acids is 2. The van der Waals surface area contributed by atoms with Gasteiger partial charge >= 0.3 is 6.09 Å². The second kappa shape index (κ2) is 4.98. The zero-order valence-corrected chi connectivity index (χ0v) is 12.6. The third-order valence-corrected chi connectivity index (χ3v) is 3.14. The van der Waals surface area contributed by atoms with Gasteiger partial charge in [0.15, 0.2) is 0 Å². The monoisotopic (exact) mass is 297 g/mol. The van der Waals surface area contributed by atoms with E-state index < -0.39 is 11.7 Å². The summed E-state index contributed by atoms with van der Waals surface area (Å²) in [6.45, 7) is 5.21. The summed E-state index contributed by atoms with van der Waals surface area (Å²) in [5.41, 5.74) is 0.271. The molecule has 1 heterocycles. The molecule has 1 aliphatic heterocycles. The minimum atomic E-state index is -0.721. The quantitative estimate of drug-likeness (QED) is 0.799. The number of hydrogen-bond donors (Lipinski definition) is 0. The highest BCUT2D eigenvalue weighted by molar-refractivity contribution is 6.33. The van der Waals surface area contributed by atoms with Crippen LogP contribution in [0.1, 0.15) is 26.3 Å². The minimum Gasteiger partial charge on any atom is -0.495 e. The van der Waals surface area contributed by atoms with Gasteiger partial charge in [-0.25, -0.2) is 9.69 Å². The molecule has 6 heteroatoms. The molecule has 2 rings (SSSR count). The van der Waals surface area contributed by atoms with Crippen LogP contribution in [0, 0.1) is 0 Å². The number of amides is 2. The maximum absolute atomic E-state index is 12.2. The number of nitrogens with zero attached hydrogens (tertiary/aromatic N) is 1. The van der Waals surface area contributed by atoms with Crippen molar-refractivity contribution in [3.63, 3.8) is 0 Å².